The number of fused-ring (bicyclic) bond motifs is 1. The number of halogens is 1. The van der Waals surface area contributed by atoms with Gasteiger partial charge in [0.25, 0.3) is 5.91 Å². The van der Waals surface area contributed by atoms with E-state index in [4.69, 9.17) is 0 Å². The first kappa shape index (κ1) is 17.4. The van der Waals surface area contributed by atoms with Crippen LogP contribution in [0.5, 0.6) is 0 Å². The molecule has 1 aliphatic rings. The molecule has 0 atom stereocenters. The van der Waals surface area contributed by atoms with E-state index in [-0.39, 0.29) is 28.8 Å². The van der Waals surface area contributed by atoms with Gasteiger partial charge in [0.1, 0.15) is 17.2 Å². The number of nitrogens with zero attached hydrogens (tertiary/aromatic N) is 2. The zero-order valence-corrected chi connectivity index (χ0v) is 15.3. The Hall–Kier alpha value is -3.00. The summed E-state index contributed by atoms with van der Waals surface area (Å²) in [5.74, 6) is -0.983. The Bertz CT molecular complexity index is 1150. The minimum absolute atomic E-state index is 0.0935. The zero-order chi connectivity index (χ0) is 19.2. The molecule has 2 aromatic carbocycles. The van der Waals surface area contributed by atoms with E-state index >= 15 is 0 Å². The lowest BCUT2D eigenvalue weighted by Gasteiger charge is -2.09. The molecule has 2 heterocycles. The van der Waals surface area contributed by atoms with Crippen LogP contribution in [0.25, 0.3) is 11.3 Å². The van der Waals surface area contributed by atoms with Crippen LogP contribution in [-0.4, -0.2) is 29.6 Å². The van der Waals surface area contributed by atoms with Crippen molar-refractivity contribution >= 4 is 21.4 Å². The van der Waals surface area contributed by atoms with E-state index in [1.54, 1.807) is 6.07 Å². The fourth-order valence-corrected chi connectivity index (χ4v) is 4.49. The number of nitrogens with one attached hydrogen (secondary N) is 1. The monoisotopic (exact) mass is 385 g/mol. The van der Waals surface area contributed by atoms with Crippen LogP contribution in [0.2, 0.25) is 0 Å². The smallest absolute Gasteiger partial charge is 0.274 e. The molecular formula is C19H16FN3O3S. The van der Waals surface area contributed by atoms with Gasteiger partial charge in [0, 0.05) is 17.8 Å². The number of benzene rings is 2. The van der Waals surface area contributed by atoms with Crippen molar-refractivity contribution in [2.24, 2.45) is 0 Å². The summed E-state index contributed by atoms with van der Waals surface area (Å²) in [4.78, 5) is 17.2. The van der Waals surface area contributed by atoms with Crippen molar-refractivity contribution in [1.82, 2.24) is 9.55 Å². The Balaban J connectivity index is 1.83. The average molecular weight is 385 g/mol. The molecule has 1 amide bonds. The van der Waals surface area contributed by atoms with Gasteiger partial charge in [0.2, 0.25) is 15.0 Å². The Morgan fingerprint density at radius 2 is 1.93 bits per heavy atom. The van der Waals surface area contributed by atoms with Gasteiger partial charge in [-0.15, -0.1) is 0 Å². The number of amides is 1. The van der Waals surface area contributed by atoms with Crippen molar-refractivity contribution in [3.63, 3.8) is 0 Å². The van der Waals surface area contributed by atoms with E-state index < -0.39 is 21.6 Å². The largest absolute Gasteiger partial charge is 0.321 e. The molecule has 1 aromatic heterocycles. The van der Waals surface area contributed by atoms with E-state index in [1.165, 1.54) is 28.8 Å². The molecule has 138 valence electrons. The minimum Gasteiger partial charge on any atom is -0.321 e. The highest BCUT2D eigenvalue weighted by Gasteiger charge is 2.35. The van der Waals surface area contributed by atoms with Crippen LogP contribution in [-0.2, 0) is 16.4 Å². The standard InChI is InChI=1S/C19H16FN3O3S/c1-12-3-2-4-15(11-12)21-18(24)17-16(13-5-7-14(20)8-6-13)22-19-23(17)9-10-27(19,25)26/h2-8,11H,9-10H2,1H3,(H,21,24). The summed E-state index contributed by atoms with van der Waals surface area (Å²) in [6, 6.07) is 12.7. The molecular weight excluding hydrogens is 369 g/mol. The predicted octanol–water partition coefficient (Wildman–Crippen LogP) is 3.04. The van der Waals surface area contributed by atoms with Crippen LogP contribution in [0.1, 0.15) is 16.1 Å². The molecule has 1 N–H and O–H groups in total. The number of imidazole rings is 1. The summed E-state index contributed by atoms with van der Waals surface area (Å²) in [7, 11) is -3.54. The number of carbonyl (C=O) groups excluding carboxylic acids is 1. The number of sulfone groups is 1. The van der Waals surface area contributed by atoms with Gasteiger partial charge < -0.3 is 9.88 Å². The van der Waals surface area contributed by atoms with Crippen LogP contribution in [0.4, 0.5) is 10.1 Å². The van der Waals surface area contributed by atoms with Gasteiger partial charge in [-0.3, -0.25) is 4.79 Å². The third-order valence-electron chi connectivity index (χ3n) is 4.40. The van der Waals surface area contributed by atoms with Gasteiger partial charge >= 0.3 is 0 Å². The first-order chi connectivity index (χ1) is 12.8. The Morgan fingerprint density at radius 3 is 2.63 bits per heavy atom. The molecule has 0 fully saturated rings. The first-order valence-corrected chi connectivity index (χ1v) is 9.97. The summed E-state index contributed by atoms with van der Waals surface area (Å²) >= 11 is 0. The highest BCUT2D eigenvalue weighted by atomic mass is 32.2. The van der Waals surface area contributed by atoms with Crippen molar-refractivity contribution < 1.29 is 17.6 Å². The van der Waals surface area contributed by atoms with Crippen LogP contribution in [0.15, 0.2) is 53.7 Å². The van der Waals surface area contributed by atoms with Crippen molar-refractivity contribution in [3.8, 4) is 11.3 Å². The molecule has 0 bridgehead atoms. The molecule has 27 heavy (non-hydrogen) atoms. The van der Waals surface area contributed by atoms with E-state index in [0.717, 1.165) is 5.56 Å². The molecule has 6 nitrogen and oxygen atoms in total. The third kappa shape index (κ3) is 3.12. The van der Waals surface area contributed by atoms with E-state index in [0.29, 0.717) is 11.3 Å². The topological polar surface area (TPSA) is 81.1 Å². The van der Waals surface area contributed by atoms with Gasteiger partial charge in [0.15, 0.2) is 0 Å². The second-order valence-corrected chi connectivity index (χ2v) is 8.40. The fraction of sp³-hybridized carbons (Fsp3) is 0.158. The molecule has 0 aliphatic carbocycles. The summed E-state index contributed by atoms with van der Waals surface area (Å²) in [6.45, 7) is 2.06. The number of carbonyl (C=O) groups is 1. The third-order valence-corrected chi connectivity index (χ3v) is 5.99. The Kier molecular flexibility index (Phi) is 4.07. The maximum atomic E-state index is 13.3. The molecule has 0 radical (unpaired) electrons. The van der Waals surface area contributed by atoms with E-state index in [1.807, 2.05) is 25.1 Å². The normalized spacial score (nSPS) is 14.7. The quantitative estimate of drug-likeness (QED) is 0.751. The number of hydrogen-bond acceptors (Lipinski definition) is 4. The SMILES string of the molecule is Cc1cccc(NC(=O)c2c(-c3ccc(F)cc3)nc3n2CCS3(=O)=O)c1. The van der Waals surface area contributed by atoms with Gasteiger partial charge in [-0.1, -0.05) is 12.1 Å². The molecule has 8 heteroatoms. The Labute approximate surface area is 155 Å². The van der Waals surface area contributed by atoms with E-state index in [2.05, 4.69) is 10.3 Å². The minimum atomic E-state index is -3.54. The number of hydrogen-bond donors (Lipinski definition) is 1. The lowest BCUT2D eigenvalue weighted by molar-refractivity contribution is 0.101. The second-order valence-electron chi connectivity index (χ2n) is 6.39. The van der Waals surface area contributed by atoms with Crippen LogP contribution in [0.3, 0.4) is 0 Å². The van der Waals surface area contributed by atoms with Gasteiger partial charge in [-0.2, -0.15) is 0 Å². The van der Waals surface area contributed by atoms with Crippen LogP contribution < -0.4 is 5.32 Å². The van der Waals surface area contributed by atoms with Crippen molar-refractivity contribution in [2.75, 3.05) is 11.1 Å². The highest BCUT2D eigenvalue weighted by molar-refractivity contribution is 7.91. The predicted molar refractivity (Wildman–Crippen MR) is 98.8 cm³/mol. The Morgan fingerprint density at radius 1 is 1.19 bits per heavy atom. The maximum Gasteiger partial charge on any atom is 0.274 e. The van der Waals surface area contributed by atoms with Crippen molar-refractivity contribution in [3.05, 3.63) is 65.6 Å². The van der Waals surface area contributed by atoms with Crippen molar-refractivity contribution in [1.29, 1.82) is 0 Å². The van der Waals surface area contributed by atoms with Crippen LogP contribution >= 0.6 is 0 Å². The number of anilines is 1. The summed E-state index contributed by atoms with van der Waals surface area (Å²) < 4.78 is 39.2. The summed E-state index contributed by atoms with van der Waals surface area (Å²) in [5.41, 5.74) is 2.43. The van der Waals surface area contributed by atoms with Crippen molar-refractivity contribution in [2.45, 2.75) is 18.6 Å². The highest BCUT2D eigenvalue weighted by Crippen LogP contribution is 2.31. The fourth-order valence-electron chi connectivity index (χ4n) is 3.13. The lowest BCUT2D eigenvalue weighted by Crippen LogP contribution is -2.18. The summed E-state index contributed by atoms with van der Waals surface area (Å²) in [5, 5.41) is 2.67. The molecule has 3 aromatic rings. The number of aryl methyl sites for hydroxylation is 1. The molecule has 0 unspecified atom stereocenters. The molecule has 0 spiro atoms. The number of aromatic nitrogens is 2. The van der Waals surface area contributed by atoms with Crippen LogP contribution in [0, 0.1) is 12.7 Å². The first-order valence-electron chi connectivity index (χ1n) is 8.32. The average Bonchev–Trinajstić information content (AvgIpc) is 3.13. The molecule has 1 aliphatic heterocycles. The number of rotatable bonds is 3. The zero-order valence-electron chi connectivity index (χ0n) is 14.4. The lowest BCUT2D eigenvalue weighted by atomic mass is 10.1. The van der Waals surface area contributed by atoms with Gasteiger partial charge in [-0.05, 0) is 48.9 Å². The maximum absolute atomic E-state index is 13.3. The molecule has 4 rings (SSSR count). The van der Waals surface area contributed by atoms with Gasteiger partial charge in [-0.25, -0.2) is 17.8 Å². The second kappa shape index (κ2) is 6.31. The molecule has 0 saturated heterocycles. The summed E-state index contributed by atoms with van der Waals surface area (Å²) in [6.07, 6.45) is 0. The van der Waals surface area contributed by atoms with E-state index in [9.17, 15) is 17.6 Å². The van der Waals surface area contributed by atoms with Gasteiger partial charge in [0.05, 0.1) is 5.75 Å². The molecule has 0 saturated carbocycles.